The molecule has 2 aliphatic carbocycles. The monoisotopic (exact) mass is 602 g/mol. The minimum absolute atomic E-state index is 0.119. The average Bonchev–Trinajstić information content (AvgIpc) is 3.01. The molecule has 2 aromatic carbocycles. The van der Waals surface area contributed by atoms with Gasteiger partial charge in [0.05, 0.1) is 19.1 Å². The number of carbonyl (C=O) groups excluding carboxylic acids is 2. The maximum atomic E-state index is 13.3. The smallest absolute Gasteiger partial charge is 0.330 e. The molecule has 0 unspecified atom stereocenters. The minimum Gasteiger partial charge on any atom is -0.491 e. The molecule has 224 valence electrons. The maximum Gasteiger partial charge on any atom is 0.330 e. The topological polar surface area (TPSA) is 61.8 Å². The number of unbranched alkanes of at least 4 members (excludes halogenated alkanes) is 2. The highest BCUT2D eigenvalue weighted by atomic mass is 35.5. The van der Waals surface area contributed by atoms with Crippen LogP contribution in [0.15, 0.2) is 36.9 Å². The Balaban J connectivity index is 1.33. The van der Waals surface area contributed by atoms with Crippen LogP contribution in [0.1, 0.15) is 90.4 Å². The third kappa shape index (κ3) is 8.41. The SMILES string of the molecule is C=CC(=O)OCCCCOc1c(Cl)c(Cl)c(OC(=O)C2CCC(C3CCC(CCCC)CC3)CC2)c2ccccc12. The van der Waals surface area contributed by atoms with Crippen LogP contribution in [0.4, 0.5) is 0 Å². The summed E-state index contributed by atoms with van der Waals surface area (Å²) >= 11 is 13.3. The number of rotatable bonds is 13. The molecular formula is C34H44Cl2O5. The lowest BCUT2D eigenvalue weighted by molar-refractivity contribution is -0.140. The van der Waals surface area contributed by atoms with Gasteiger partial charge in [0.15, 0.2) is 5.75 Å². The molecule has 5 nitrogen and oxygen atoms in total. The van der Waals surface area contributed by atoms with Crippen LogP contribution in [0.3, 0.4) is 0 Å². The Labute approximate surface area is 254 Å². The number of esters is 2. The summed E-state index contributed by atoms with van der Waals surface area (Å²) < 4.78 is 17.0. The lowest BCUT2D eigenvalue weighted by atomic mass is 9.68. The number of hydrogen-bond acceptors (Lipinski definition) is 5. The molecule has 0 aliphatic heterocycles. The summed E-state index contributed by atoms with van der Waals surface area (Å²) in [5, 5.41) is 1.84. The van der Waals surface area contributed by atoms with Gasteiger partial charge in [-0.3, -0.25) is 4.79 Å². The summed E-state index contributed by atoms with van der Waals surface area (Å²) in [5.41, 5.74) is 0. The van der Waals surface area contributed by atoms with Crippen LogP contribution in [0.5, 0.6) is 11.5 Å². The lowest BCUT2D eigenvalue weighted by Gasteiger charge is -2.37. The highest BCUT2D eigenvalue weighted by Crippen LogP contribution is 2.48. The van der Waals surface area contributed by atoms with E-state index in [2.05, 4.69) is 13.5 Å². The Morgan fingerprint density at radius 2 is 1.44 bits per heavy atom. The van der Waals surface area contributed by atoms with Crippen molar-refractivity contribution in [3.8, 4) is 11.5 Å². The van der Waals surface area contributed by atoms with Crippen LogP contribution in [-0.4, -0.2) is 25.2 Å². The van der Waals surface area contributed by atoms with E-state index in [1.165, 1.54) is 44.9 Å². The van der Waals surface area contributed by atoms with Gasteiger partial charge in [0.25, 0.3) is 0 Å². The Morgan fingerprint density at radius 1 is 0.854 bits per heavy atom. The van der Waals surface area contributed by atoms with Gasteiger partial charge in [-0.2, -0.15) is 0 Å². The Bertz CT molecular complexity index is 1180. The van der Waals surface area contributed by atoms with Gasteiger partial charge in [-0.1, -0.05) is 93.1 Å². The maximum absolute atomic E-state index is 13.3. The van der Waals surface area contributed by atoms with Gasteiger partial charge in [0.2, 0.25) is 0 Å². The van der Waals surface area contributed by atoms with E-state index < -0.39 is 5.97 Å². The van der Waals surface area contributed by atoms with E-state index in [1.54, 1.807) is 0 Å². The third-order valence-electron chi connectivity index (χ3n) is 9.04. The molecule has 0 radical (unpaired) electrons. The molecule has 0 aromatic heterocycles. The third-order valence-corrected chi connectivity index (χ3v) is 9.85. The summed E-state index contributed by atoms with van der Waals surface area (Å²) in [6, 6.07) is 7.52. The Morgan fingerprint density at radius 3 is 2.07 bits per heavy atom. The van der Waals surface area contributed by atoms with Crippen molar-refractivity contribution in [3.63, 3.8) is 0 Å². The summed E-state index contributed by atoms with van der Waals surface area (Å²) in [6.45, 7) is 6.33. The van der Waals surface area contributed by atoms with Gasteiger partial charge in [0, 0.05) is 16.8 Å². The van der Waals surface area contributed by atoms with E-state index in [9.17, 15) is 9.59 Å². The molecule has 0 heterocycles. The molecule has 0 bridgehead atoms. The van der Waals surface area contributed by atoms with Crippen LogP contribution in [0, 0.1) is 23.7 Å². The molecule has 0 saturated heterocycles. The minimum atomic E-state index is -0.440. The van der Waals surface area contributed by atoms with Crippen molar-refractivity contribution in [1.82, 2.24) is 0 Å². The van der Waals surface area contributed by atoms with Gasteiger partial charge in [-0.05, 0) is 69.1 Å². The fourth-order valence-electron chi connectivity index (χ4n) is 6.62. The first kappa shape index (κ1) is 31.7. The standard InChI is InChI=1S/C34H44Cl2O5/c1-3-5-10-23-13-15-24(16-14-23)25-17-19-26(20-18-25)34(38)41-33-28-12-7-6-11-27(28)32(30(35)31(33)36)40-22-9-8-21-39-29(37)4-2/h4,6-7,11-12,23-26H,2-3,5,8-10,13-22H2,1H3. The second-order valence-electron chi connectivity index (χ2n) is 11.7. The summed E-state index contributed by atoms with van der Waals surface area (Å²) in [5.74, 6) is 2.45. The van der Waals surface area contributed by atoms with E-state index in [0.717, 1.165) is 54.9 Å². The number of ether oxygens (including phenoxy) is 3. The largest absolute Gasteiger partial charge is 0.491 e. The zero-order chi connectivity index (χ0) is 29.2. The molecule has 0 atom stereocenters. The molecule has 2 fully saturated rings. The Kier molecular flexibility index (Phi) is 12.2. The van der Waals surface area contributed by atoms with Crippen molar-refractivity contribution in [3.05, 3.63) is 47.0 Å². The van der Waals surface area contributed by atoms with Crippen LogP contribution in [0.2, 0.25) is 10.0 Å². The first-order valence-electron chi connectivity index (χ1n) is 15.5. The van der Waals surface area contributed by atoms with Crippen LogP contribution in [0.25, 0.3) is 10.8 Å². The first-order chi connectivity index (χ1) is 19.9. The number of fused-ring (bicyclic) bond motifs is 1. The van der Waals surface area contributed by atoms with Crippen LogP contribution < -0.4 is 9.47 Å². The van der Waals surface area contributed by atoms with Crippen molar-refractivity contribution in [2.75, 3.05) is 13.2 Å². The molecule has 2 saturated carbocycles. The van der Waals surface area contributed by atoms with E-state index >= 15 is 0 Å². The second-order valence-corrected chi connectivity index (χ2v) is 12.5. The highest BCUT2D eigenvalue weighted by molar-refractivity contribution is 6.45. The normalized spacial score (nSPS) is 22.7. The van der Waals surface area contributed by atoms with Crippen molar-refractivity contribution in [1.29, 1.82) is 0 Å². The molecule has 0 N–H and O–H groups in total. The molecule has 0 spiro atoms. The number of benzene rings is 2. The van der Waals surface area contributed by atoms with Crippen molar-refractivity contribution in [2.45, 2.75) is 90.4 Å². The number of halogens is 2. The van der Waals surface area contributed by atoms with Crippen molar-refractivity contribution in [2.24, 2.45) is 23.7 Å². The van der Waals surface area contributed by atoms with Gasteiger partial charge in [0.1, 0.15) is 15.8 Å². The van der Waals surface area contributed by atoms with E-state index in [-0.39, 0.29) is 21.9 Å². The predicted molar refractivity (Wildman–Crippen MR) is 166 cm³/mol. The van der Waals surface area contributed by atoms with E-state index in [1.807, 2.05) is 24.3 Å². The van der Waals surface area contributed by atoms with Crippen LogP contribution in [-0.2, 0) is 14.3 Å². The van der Waals surface area contributed by atoms with Gasteiger partial charge >= 0.3 is 11.9 Å². The molecule has 41 heavy (non-hydrogen) atoms. The molecule has 4 rings (SSSR count). The zero-order valence-corrected chi connectivity index (χ0v) is 25.8. The first-order valence-corrected chi connectivity index (χ1v) is 16.2. The second kappa shape index (κ2) is 15.8. The van der Waals surface area contributed by atoms with E-state index in [4.69, 9.17) is 37.4 Å². The quantitative estimate of drug-likeness (QED) is 0.0987. The average molecular weight is 604 g/mol. The number of carbonyl (C=O) groups is 2. The zero-order valence-electron chi connectivity index (χ0n) is 24.3. The van der Waals surface area contributed by atoms with Crippen molar-refractivity contribution < 1.29 is 23.8 Å². The van der Waals surface area contributed by atoms with Gasteiger partial charge < -0.3 is 14.2 Å². The predicted octanol–water partition coefficient (Wildman–Crippen LogP) is 9.74. The van der Waals surface area contributed by atoms with Gasteiger partial charge in [-0.15, -0.1) is 0 Å². The summed E-state index contributed by atoms with van der Waals surface area (Å²) in [7, 11) is 0. The molecule has 7 heteroatoms. The fourth-order valence-corrected chi connectivity index (χ4v) is 7.09. The van der Waals surface area contributed by atoms with Gasteiger partial charge in [-0.25, -0.2) is 4.79 Å². The fraction of sp³-hybridized carbons (Fsp3) is 0.588. The number of hydrogen-bond donors (Lipinski definition) is 0. The summed E-state index contributed by atoms with van der Waals surface area (Å²) in [4.78, 5) is 24.5. The van der Waals surface area contributed by atoms with Crippen LogP contribution >= 0.6 is 23.2 Å². The summed E-state index contributed by atoms with van der Waals surface area (Å²) in [6.07, 6.45) is 15.9. The molecule has 0 amide bonds. The highest BCUT2D eigenvalue weighted by Gasteiger charge is 2.34. The lowest BCUT2D eigenvalue weighted by Crippen LogP contribution is -2.30. The van der Waals surface area contributed by atoms with E-state index in [0.29, 0.717) is 42.9 Å². The molecular weight excluding hydrogens is 559 g/mol. The molecule has 2 aromatic rings. The molecule has 2 aliphatic rings. The Hall–Kier alpha value is -2.24. The van der Waals surface area contributed by atoms with Crippen molar-refractivity contribution >= 4 is 45.9 Å².